The molecule has 3 nitrogen and oxygen atoms in total. The van der Waals surface area contributed by atoms with Gasteiger partial charge in [0.05, 0.1) is 15.9 Å². The largest absolute Gasteiger partial charge is 0.271 e. The average Bonchev–Trinajstić information content (AvgIpc) is 2.89. The number of hydrogen-bond acceptors (Lipinski definition) is 4. The van der Waals surface area contributed by atoms with Crippen LogP contribution in [0.15, 0.2) is 48.7 Å². The molecule has 0 saturated heterocycles. The summed E-state index contributed by atoms with van der Waals surface area (Å²) < 4.78 is 0.801. The van der Waals surface area contributed by atoms with Crippen molar-refractivity contribution in [2.45, 2.75) is 12.5 Å². The van der Waals surface area contributed by atoms with E-state index in [1.807, 2.05) is 30.3 Å². The summed E-state index contributed by atoms with van der Waals surface area (Å²) in [6.45, 7) is 0. The molecule has 1 aromatic carbocycles. The van der Waals surface area contributed by atoms with Crippen LogP contribution >= 0.6 is 22.9 Å². The Labute approximate surface area is 126 Å². The summed E-state index contributed by atoms with van der Waals surface area (Å²) in [4.78, 5) is 5.59. The van der Waals surface area contributed by atoms with Crippen molar-refractivity contribution in [2.75, 3.05) is 0 Å². The van der Waals surface area contributed by atoms with E-state index in [2.05, 4.69) is 22.5 Å². The van der Waals surface area contributed by atoms with Crippen molar-refractivity contribution in [3.63, 3.8) is 0 Å². The fourth-order valence-corrected chi connectivity index (χ4v) is 3.49. The number of nitrogens with two attached hydrogens (primary N) is 1. The smallest absolute Gasteiger partial charge is 0.0931 e. The molecule has 102 valence electrons. The highest BCUT2D eigenvalue weighted by Gasteiger charge is 2.14. The number of aromatic nitrogens is 1. The normalized spacial score (nSPS) is 12.7. The molecule has 20 heavy (non-hydrogen) atoms. The maximum atomic E-state index is 5.98. The third kappa shape index (κ3) is 2.69. The van der Waals surface area contributed by atoms with Gasteiger partial charge in [-0.25, -0.2) is 0 Å². The van der Waals surface area contributed by atoms with E-state index < -0.39 is 0 Å². The maximum absolute atomic E-state index is 5.98. The Balaban J connectivity index is 1.98. The summed E-state index contributed by atoms with van der Waals surface area (Å²) >= 11 is 7.57. The highest BCUT2D eigenvalue weighted by molar-refractivity contribution is 7.16. The second kappa shape index (κ2) is 5.89. The maximum Gasteiger partial charge on any atom is 0.0931 e. The first kappa shape index (κ1) is 13.5. The van der Waals surface area contributed by atoms with Gasteiger partial charge in [-0.15, -0.1) is 11.3 Å². The molecule has 5 heteroatoms. The predicted molar refractivity (Wildman–Crippen MR) is 84.8 cm³/mol. The molecule has 3 rings (SSSR count). The van der Waals surface area contributed by atoms with Crippen LogP contribution in [0, 0.1) is 0 Å². The van der Waals surface area contributed by atoms with Gasteiger partial charge in [0.25, 0.3) is 0 Å². The van der Waals surface area contributed by atoms with Gasteiger partial charge in [0.2, 0.25) is 0 Å². The first-order valence-corrected chi connectivity index (χ1v) is 7.51. The minimum absolute atomic E-state index is 0.0395. The average molecular weight is 304 g/mol. The SMILES string of the molecule is NNC(Cc1ccc(Cl)s1)c1cccc2ncccc12. The Kier molecular flexibility index (Phi) is 3.98. The van der Waals surface area contributed by atoms with E-state index in [1.165, 1.54) is 4.88 Å². The molecule has 1 unspecified atom stereocenters. The van der Waals surface area contributed by atoms with E-state index in [0.717, 1.165) is 27.2 Å². The quantitative estimate of drug-likeness (QED) is 0.571. The number of benzene rings is 1. The minimum Gasteiger partial charge on any atom is -0.271 e. The molecule has 0 saturated carbocycles. The van der Waals surface area contributed by atoms with Crippen LogP contribution < -0.4 is 11.3 Å². The molecule has 0 bridgehead atoms. The van der Waals surface area contributed by atoms with Gasteiger partial charge in [-0.1, -0.05) is 29.8 Å². The zero-order valence-corrected chi connectivity index (χ0v) is 12.3. The van der Waals surface area contributed by atoms with Crippen molar-refractivity contribution in [2.24, 2.45) is 5.84 Å². The van der Waals surface area contributed by atoms with Gasteiger partial charge in [0.15, 0.2) is 0 Å². The highest BCUT2D eigenvalue weighted by Crippen LogP contribution is 2.29. The summed E-state index contributed by atoms with van der Waals surface area (Å²) in [7, 11) is 0. The molecule has 2 heterocycles. The van der Waals surface area contributed by atoms with E-state index >= 15 is 0 Å². The number of halogens is 1. The molecule has 3 aromatic rings. The Morgan fingerprint density at radius 2 is 2.10 bits per heavy atom. The number of rotatable bonds is 4. The lowest BCUT2D eigenvalue weighted by Gasteiger charge is -2.17. The second-order valence-electron chi connectivity index (χ2n) is 4.55. The molecule has 0 fully saturated rings. The number of thiophene rings is 1. The van der Waals surface area contributed by atoms with Crippen molar-refractivity contribution >= 4 is 33.8 Å². The van der Waals surface area contributed by atoms with Crippen molar-refractivity contribution in [3.05, 3.63) is 63.4 Å². The first-order chi connectivity index (χ1) is 9.78. The Morgan fingerprint density at radius 1 is 1.20 bits per heavy atom. The van der Waals surface area contributed by atoms with Crippen LogP contribution in [0.25, 0.3) is 10.9 Å². The van der Waals surface area contributed by atoms with Gasteiger partial charge in [0, 0.05) is 22.9 Å². The molecule has 0 aliphatic rings. The van der Waals surface area contributed by atoms with Crippen LogP contribution in [-0.4, -0.2) is 4.98 Å². The van der Waals surface area contributed by atoms with E-state index in [9.17, 15) is 0 Å². The number of hydrogen-bond donors (Lipinski definition) is 2. The van der Waals surface area contributed by atoms with Crippen molar-refractivity contribution in [3.8, 4) is 0 Å². The molecule has 0 spiro atoms. The van der Waals surface area contributed by atoms with Crippen LogP contribution in [0.1, 0.15) is 16.5 Å². The summed E-state index contributed by atoms with van der Waals surface area (Å²) in [5.41, 5.74) is 5.04. The lowest BCUT2D eigenvalue weighted by atomic mass is 9.99. The van der Waals surface area contributed by atoms with Crippen molar-refractivity contribution in [1.29, 1.82) is 0 Å². The van der Waals surface area contributed by atoms with Crippen molar-refractivity contribution in [1.82, 2.24) is 10.4 Å². The second-order valence-corrected chi connectivity index (χ2v) is 6.35. The summed E-state index contributed by atoms with van der Waals surface area (Å²) in [6.07, 6.45) is 2.61. The molecule has 0 amide bonds. The first-order valence-electron chi connectivity index (χ1n) is 6.32. The summed E-state index contributed by atoms with van der Waals surface area (Å²) in [5.74, 6) is 5.75. The third-order valence-corrected chi connectivity index (χ3v) is 4.54. The van der Waals surface area contributed by atoms with Gasteiger partial charge in [0.1, 0.15) is 0 Å². The number of hydrazine groups is 1. The molecule has 0 aliphatic carbocycles. The Hall–Kier alpha value is -1.46. The zero-order valence-electron chi connectivity index (χ0n) is 10.7. The lowest BCUT2D eigenvalue weighted by molar-refractivity contribution is 0.559. The van der Waals surface area contributed by atoms with Crippen LogP contribution in [0.5, 0.6) is 0 Å². The molecule has 3 N–H and O–H groups in total. The van der Waals surface area contributed by atoms with E-state index in [0.29, 0.717) is 0 Å². The Bertz CT molecular complexity index is 720. The molecule has 1 atom stereocenters. The van der Waals surface area contributed by atoms with Gasteiger partial charge in [-0.2, -0.15) is 0 Å². The molecular formula is C15H14ClN3S. The van der Waals surface area contributed by atoms with E-state index in [-0.39, 0.29) is 6.04 Å². The van der Waals surface area contributed by atoms with E-state index in [1.54, 1.807) is 17.5 Å². The van der Waals surface area contributed by atoms with Crippen LogP contribution in [-0.2, 0) is 6.42 Å². The van der Waals surface area contributed by atoms with Gasteiger partial charge < -0.3 is 0 Å². The summed E-state index contributed by atoms with van der Waals surface area (Å²) in [6, 6.07) is 14.1. The van der Waals surface area contributed by atoms with Crippen molar-refractivity contribution < 1.29 is 0 Å². The molecule has 0 radical (unpaired) electrons. The van der Waals surface area contributed by atoms with E-state index in [4.69, 9.17) is 17.4 Å². The standard InChI is InChI=1S/C15H14ClN3S/c16-15-7-6-10(20-15)9-14(19-17)12-3-1-5-13-11(12)4-2-8-18-13/h1-8,14,19H,9,17H2. The molecule has 2 aromatic heterocycles. The number of nitrogens with zero attached hydrogens (tertiary/aromatic N) is 1. The number of nitrogens with one attached hydrogen (secondary N) is 1. The zero-order chi connectivity index (χ0) is 13.9. The fourth-order valence-electron chi connectivity index (χ4n) is 2.35. The number of fused-ring (bicyclic) bond motifs is 1. The van der Waals surface area contributed by atoms with Crippen LogP contribution in [0.4, 0.5) is 0 Å². The monoisotopic (exact) mass is 303 g/mol. The third-order valence-electron chi connectivity index (χ3n) is 3.29. The van der Waals surface area contributed by atoms with Crippen LogP contribution in [0.3, 0.4) is 0 Å². The molecular weight excluding hydrogens is 290 g/mol. The minimum atomic E-state index is 0.0395. The van der Waals surface area contributed by atoms with Gasteiger partial charge >= 0.3 is 0 Å². The molecule has 0 aliphatic heterocycles. The number of pyridine rings is 1. The summed E-state index contributed by atoms with van der Waals surface area (Å²) in [5, 5.41) is 1.13. The van der Waals surface area contributed by atoms with Crippen LogP contribution in [0.2, 0.25) is 4.34 Å². The van der Waals surface area contributed by atoms with Gasteiger partial charge in [-0.05, 0) is 29.8 Å². The fraction of sp³-hybridized carbons (Fsp3) is 0.133. The Morgan fingerprint density at radius 3 is 2.85 bits per heavy atom. The highest BCUT2D eigenvalue weighted by atomic mass is 35.5. The van der Waals surface area contributed by atoms with Gasteiger partial charge in [-0.3, -0.25) is 16.3 Å². The topological polar surface area (TPSA) is 50.9 Å². The predicted octanol–water partition coefficient (Wildman–Crippen LogP) is 3.70. The lowest BCUT2D eigenvalue weighted by Crippen LogP contribution is -2.29.